The van der Waals surface area contributed by atoms with Gasteiger partial charge in [0.25, 0.3) is 5.56 Å². The molecule has 0 saturated heterocycles. The SMILES string of the molecule is CCOC(=O)C1=C(C)n2c(s/c(=C/c3ccco3)c2=O)=N[C@H]1c1ccco1. The first kappa shape index (κ1) is 17.3. The molecular weight excluding hydrogens is 368 g/mol. The molecular formula is C19H16N2O5S. The largest absolute Gasteiger partial charge is 0.467 e. The first-order valence-corrected chi connectivity index (χ1v) is 9.18. The van der Waals surface area contributed by atoms with E-state index in [-0.39, 0.29) is 12.2 Å². The molecule has 8 heteroatoms. The number of ether oxygens (including phenoxy) is 1. The molecule has 27 heavy (non-hydrogen) atoms. The van der Waals surface area contributed by atoms with E-state index in [0.717, 1.165) is 0 Å². The Kier molecular flexibility index (Phi) is 4.41. The maximum Gasteiger partial charge on any atom is 0.338 e. The highest BCUT2D eigenvalue weighted by Gasteiger charge is 2.32. The minimum atomic E-state index is -0.659. The third kappa shape index (κ3) is 2.97. The highest BCUT2D eigenvalue weighted by Crippen LogP contribution is 2.32. The molecule has 0 radical (unpaired) electrons. The average Bonchev–Trinajstić information content (AvgIpc) is 3.38. The van der Waals surface area contributed by atoms with Crippen LogP contribution in [0.5, 0.6) is 0 Å². The van der Waals surface area contributed by atoms with Crippen LogP contribution < -0.4 is 14.9 Å². The standard InChI is InChI=1S/C19H16N2O5S/c1-3-24-18(23)15-11(2)21-17(22)14(10-12-6-4-8-25-12)27-19(21)20-16(15)13-7-5-9-26-13/h4-10,16H,3H2,1-2H3/b14-10+/t16-/m0/s1. The number of rotatable bonds is 4. The van der Waals surface area contributed by atoms with Crippen LogP contribution in [0.3, 0.4) is 0 Å². The van der Waals surface area contributed by atoms with Crippen LogP contribution in [0, 0.1) is 0 Å². The van der Waals surface area contributed by atoms with E-state index in [9.17, 15) is 9.59 Å². The molecule has 138 valence electrons. The van der Waals surface area contributed by atoms with Gasteiger partial charge in [-0.2, -0.15) is 0 Å². The zero-order valence-electron chi connectivity index (χ0n) is 14.7. The Morgan fingerprint density at radius 3 is 2.78 bits per heavy atom. The van der Waals surface area contributed by atoms with Crippen molar-refractivity contribution in [2.45, 2.75) is 19.9 Å². The molecule has 0 N–H and O–H groups in total. The van der Waals surface area contributed by atoms with E-state index in [2.05, 4.69) is 4.99 Å². The molecule has 0 amide bonds. The predicted molar refractivity (Wildman–Crippen MR) is 98.6 cm³/mol. The molecule has 0 aromatic carbocycles. The van der Waals surface area contributed by atoms with Crippen molar-refractivity contribution >= 4 is 29.1 Å². The van der Waals surface area contributed by atoms with Crippen molar-refractivity contribution in [2.24, 2.45) is 4.99 Å². The van der Waals surface area contributed by atoms with Crippen LogP contribution in [0.15, 0.2) is 61.0 Å². The van der Waals surface area contributed by atoms with E-state index in [1.54, 1.807) is 44.2 Å². The molecule has 0 fully saturated rings. The molecule has 7 nitrogen and oxygen atoms in total. The van der Waals surface area contributed by atoms with Gasteiger partial charge in [0.2, 0.25) is 0 Å². The number of allylic oxidation sites excluding steroid dienone is 1. The molecule has 3 aromatic rings. The van der Waals surface area contributed by atoms with Crippen molar-refractivity contribution < 1.29 is 18.4 Å². The summed E-state index contributed by atoms with van der Waals surface area (Å²) in [7, 11) is 0. The Balaban J connectivity index is 1.96. The summed E-state index contributed by atoms with van der Waals surface area (Å²) >= 11 is 1.23. The van der Waals surface area contributed by atoms with Crippen molar-refractivity contribution in [3.05, 3.63) is 73.6 Å². The topological polar surface area (TPSA) is 86.9 Å². The van der Waals surface area contributed by atoms with Crippen molar-refractivity contribution in [3.8, 4) is 0 Å². The number of thiazole rings is 1. The van der Waals surface area contributed by atoms with Gasteiger partial charge in [-0.25, -0.2) is 9.79 Å². The van der Waals surface area contributed by atoms with Crippen LogP contribution in [-0.4, -0.2) is 17.1 Å². The van der Waals surface area contributed by atoms with Gasteiger partial charge in [-0.05, 0) is 38.1 Å². The molecule has 0 saturated carbocycles. The Bertz CT molecular complexity index is 1180. The fourth-order valence-electron chi connectivity index (χ4n) is 2.97. The molecule has 1 aliphatic heterocycles. The summed E-state index contributed by atoms with van der Waals surface area (Å²) in [6, 6.07) is 6.33. The average molecular weight is 384 g/mol. The third-order valence-electron chi connectivity index (χ3n) is 4.17. The van der Waals surface area contributed by atoms with Gasteiger partial charge in [0.1, 0.15) is 22.1 Å². The lowest BCUT2D eigenvalue weighted by atomic mass is 10.0. The van der Waals surface area contributed by atoms with Gasteiger partial charge < -0.3 is 13.6 Å². The van der Waals surface area contributed by atoms with E-state index < -0.39 is 12.0 Å². The molecule has 4 heterocycles. The predicted octanol–water partition coefficient (Wildman–Crippen LogP) is 2.09. The lowest BCUT2D eigenvalue weighted by Crippen LogP contribution is -2.35. The second kappa shape index (κ2) is 6.88. The van der Waals surface area contributed by atoms with Crippen molar-refractivity contribution in [2.75, 3.05) is 6.61 Å². The number of carbonyl (C=O) groups excluding carboxylic acids is 1. The van der Waals surface area contributed by atoms with E-state index in [1.807, 2.05) is 0 Å². The number of aromatic nitrogens is 1. The van der Waals surface area contributed by atoms with Crippen LogP contribution in [0.4, 0.5) is 0 Å². The summed E-state index contributed by atoms with van der Waals surface area (Å²) in [5, 5.41) is 0. The monoisotopic (exact) mass is 384 g/mol. The number of nitrogens with zero attached hydrogens (tertiary/aromatic N) is 2. The van der Waals surface area contributed by atoms with E-state index in [0.29, 0.717) is 32.1 Å². The highest BCUT2D eigenvalue weighted by atomic mass is 32.1. The summed E-state index contributed by atoms with van der Waals surface area (Å²) in [6.07, 6.45) is 4.72. The first-order chi connectivity index (χ1) is 13.1. The second-order valence-corrected chi connectivity index (χ2v) is 6.82. The summed E-state index contributed by atoms with van der Waals surface area (Å²) in [4.78, 5) is 30.6. The quantitative estimate of drug-likeness (QED) is 0.643. The lowest BCUT2D eigenvalue weighted by Gasteiger charge is -2.20. The number of furan rings is 2. The number of carbonyl (C=O) groups is 1. The minimum Gasteiger partial charge on any atom is -0.467 e. The maximum absolute atomic E-state index is 12.9. The zero-order valence-corrected chi connectivity index (χ0v) is 15.5. The Labute approximate surface area is 157 Å². The van der Waals surface area contributed by atoms with Gasteiger partial charge in [0.05, 0.1) is 24.7 Å². The Morgan fingerprint density at radius 1 is 1.33 bits per heavy atom. The van der Waals surface area contributed by atoms with Crippen LogP contribution in [-0.2, 0) is 9.53 Å². The van der Waals surface area contributed by atoms with Gasteiger partial charge in [-0.15, -0.1) is 0 Å². The van der Waals surface area contributed by atoms with Crippen LogP contribution in [0.2, 0.25) is 0 Å². The second-order valence-electron chi connectivity index (χ2n) is 5.82. The number of esters is 1. The van der Waals surface area contributed by atoms with E-state index in [4.69, 9.17) is 13.6 Å². The molecule has 0 aliphatic carbocycles. The van der Waals surface area contributed by atoms with Gasteiger partial charge in [-0.1, -0.05) is 11.3 Å². The maximum atomic E-state index is 12.9. The summed E-state index contributed by atoms with van der Waals surface area (Å²) in [6.45, 7) is 3.67. The van der Waals surface area contributed by atoms with Gasteiger partial charge in [-0.3, -0.25) is 9.36 Å². The van der Waals surface area contributed by atoms with Gasteiger partial charge >= 0.3 is 5.97 Å². The molecule has 0 unspecified atom stereocenters. The van der Waals surface area contributed by atoms with Crippen molar-refractivity contribution in [1.29, 1.82) is 0 Å². The van der Waals surface area contributed by atoms with Crippen LogP contribution >= 0.6 is 11.3 Å². The highest BCUT2D eigenvalue weighted by molar-refractivity contribution is 7.07. The fraction of sp³-hybridized carbons (Fsp3) is 0.211. The fourth-order valence-corrected chi connectivity index (χ4v) is 3.99. The first-order valence-electron chi connectivity index (χ1n) is 8.36. The summed E-state index contributed by atoms with van der Waals surface area (Å²) in [5.74, 6) is 0.572. The molecule has 3 aromatic heterocycles. The third-order valence-corrected chi connectivity index (χ3v) is 5.15. The van der Waals surface area contributed by atoms with Crippen LogP contribution in [0.25, 0.3) is 11.8 Å². The molecule has 1 atom stereocenters. The van der Waals surface area contributed by atoms with Gasteiger partial charge in [0.15, 0.2) is 4.80 Å². The Hall–Kier alpha value is -3.13. The number of hydrogen-bond donors (Lipinski definition) is 0. The van der Waals surface area contributed by atoms with Crippen LogP contribution in [0.1, 0.15) is 31.4 Å². The lowest BCUT2D eigenvalue weighted by molar-refractivity contribution is -0.138. The van der Waals surface area contributed by atoms with Gasteiger partial charge in [0, 0.05) is 11.8 Å². The molecule has 0 bridgehead atoms. The normalized spacial score (nSPS) is 17.0. The molecule has 4 rings (SSSR count). The Morgan fingerprint density at radius 2 is 2.11 bits per heavy atom. The smallest absolute Gasteiger partial charge is 0.338 e. The minimum absolute atomic E-state index is 0.226. The molecule has 1 aliphatic rings. The number of fused-ring (bicyclic) bond motifs is 1. The van der Waals surface area contributed by atoms with Crippen molar-refractivity contribution in [3.63, 3.8) is 0 Å². The molecule has 0 spiro atoms. The van der Waals surface area contributed by atoms with Crippen molar-refractivity contribution in [1.82, 2.24) is 4.57 Å². The van der Waals surface area contributed by atoms with E-state index in [1.165, 1.54) is 28.4 Å². The summed E-state index contributed by atoms with van der Waals surface area (Å²) in [5.41, 5.74) is 0.524. The van der Waals surface area contributed by atoms with E-state index >= 15 is 0 Å². The zero-order chi connectivity index (χ0) is 19.0. The summed E-state index contributed by atoms with van der Waals surface area (Å²) < 4.78 is 17.9. The number of hydrogen-bond acceptors (Lipinski definition) is 7.